The number of nitrogens with one attached hydrogen (secondary N) is 1. The van der Waals surface area contributed by atoms with Gasteiger partial charge in [-0.15, -0.1) is 11.3 Å². The molecule has 276 valence electrons. The normalized spacial score (nSPS) is 15.6. The van der Waals surface area contributed by atoms with E-state index in [2.05, 4.69) is 71.2 Å². The summed E-state index contributed by atoms with van der Waals surface area (Å²) in [6.45, 7) is 15.7. The molecule has 2 aliphatic heterocycles. The van der Waals surface area contributed by atoms with E-state index in [0.29, 0.717) is 55.7 Å². The van der Waals surface area contributed by atoms with E-state index in [1.807, 2.05) is 47.8 Å². The second-order valence-electron chi connectivity index (χ2n) is 14.5. The average molecular weight is 726 g/mol. The van der Waals surface area contributed by atoms with Crippen LogP contribution in [0.3, 0.4) is 0 Å². The third-order valence-corrected chi connectivity index (χ3v) is 10.2. The smallest absolute Gasteiger partial charge is 0.255 e. The van der Waals surface area contributed by atoms with Crippen molar-refractivity contribution in [2.75, 3.05) is 82.6 Å². The van der Waals surface area contributed by atoms with Crippen LogP contribution in [0, 0.1) is 5.41 Å². The van der Waals surface area contributed by atoms with Crippen molar-refractivity contribution in [1.29, 1.82) is 0 Å². The molecule has 3 aromatic carbocycles. The van der Waals surface area contributed by atoms with Crippen molar-refractivity contribution in [3.8, 4) is 11.1 Å². The van der Waals surface area contributed by atoms with Crippen LogP contribution in [-0.2, 0) is 25.5 Å². The quantitative estimate of drug-likeness (QED) is 0.120. The van der Waals surface area contributed by atoms with Gasteiger partial charge >= 0.3 is 0 Å². The summed E-state index contributed by atoms with van der Waals surface area (Å²) in [7, 11) is 0. The number of piperazine rings is 1. The van der Waals surface area contributed by atoms with Gasteiger partial charge in [-0.1, -0.05) is 75.4 Å². The van der Waals surface area contributed by atoms with E-state index in [1.54, 1.807) is 11.1 Å². The summed E-state index contributed by atoms with van der Waals surface area (Å²) in [6.07, 6.45) is 2.70. The summed E-state index contributed by atoms with van der Waals surface area (Å²) < 4.78 is 17.1. The van der Waals surface area contributed by atoms with Gasteiger partial charge in [-0.25, -0.2) is 4.98 Å². The Morgan fingerprint density at radius 1 is 0.846 bits per heavy atom. The average Bonchev–Trinajstić information content (AvgIpc) is 3.78. The molecule has 4 aromatic rings. The summed E-state index contributed by atoms with van der Waals surface area (Å²) in [5.74, 6) is -0.432. The zero-order valence-electron chi connectivity index (χ0n) is 30.6. The molecule has 2 amide bonds. The Kier molecular flexibility index (Phi) is 13.1. The molecule has 0 radical (unpaired) electrons. The molecule has 52 heavy (non-hydrogen) atoms. The van der Waals surface area contributed by atoms with Crippen LogP contribution in [0.4, 0.5) is 10.8 Å². The Hall–Kier alpha value is -4.13. The highest BCUT2D eigenvalue weighted by atomic mass is 32.1. The van der Waals surface area contributed by atoms with Gasteiger partial charge in [0.05, 0.1) is 33.0 Å². The van der Waals surface area contributed by atoms with Gasteiger partial charge < -0.3 is 24.0 Å². The molecular formula is C41H51N5O5S. The van der Waals surface area contributed by atoms with Gasteiger partial charge in [0.2, 0.25) is 0 Å². The first-order chi connectivity index (χ1) is 25.2. The van der Waals surface area contributed by atoms with Crippen LogP contribution >= 0.6 is 11.3 Å². The SMILES string of the molecule is CC(C)(C)CCOCCOCCOCCN1CCN(c2ccc(-c3ccc4c(c3)C(=O)N(C(C(=O)Nc3nccs3)c3ccccc3)C4)cc2)CC1. The molecule has 6 rings (SSSR count). The van der Waals surface area contributed by atoms with Gasteiger partial charge in [-0.05, 0) is 52.3 Å². The highest BCUT2D eigenvalue weighted by Gasteiger charge is 2.38. The first-order valence-electron chi connectivity index (χ1n) is 18.3. The summed E-state index contributed by atoms with van der Waals surface area (Å²) in [5.41, 5.74) is 5.82. The Bertz CT molecular complexity index is 1720. The fourth-order valence-electron chi connectivity index (χ4n) is 6.49. The number of hydrogen-bond donors (Lipinski definition) is 1. The molecule has 1 aromatic heterocycles. The van der Waals surface area contributed by atoms with E-state index in [-0.39, 0.29) is 11.8 Å². The molecule has 0 spiro atoms. The third kappa shape index (κ3) is 10.3. The largest absolute Gasteiger partial charge is 0.379 e. The second-order valence-corrected chi connectivity index (χ2v) is 15.4. The number of nitrogens with zero attached hydrogens (tertiary/aromatic N) is 4. The zero-order valence-corrected chi connectivity index (χ0v) is 31.4. The summed E-state index contributed by atoms with van der Waals surface area (Å²) in [4.78, 5) is 38.2. The van der Waals surface area contributed by atoms with Crippen molar-refractivity contribution >= 4 is 34.0 Å². The van der Waals surface area contributed by atoms with E-state index in [4.69, 9.17) is 14.2 Å². The summed E-state index contributed by atoms with van der Waals surface area (Å²) >= 11 is 1.35. The van der Waals surface area contributed by atoms with Crippen LogP contribution in [0.25, 0.3) is 11.1 Å². The van der Waals surface area contributed by atoms with Crippen LogP contribution in [0.2, 0.25) is 0 Å². The number of anilines is 2. The zero-order chi connectivity index (χ0) is 36.3. The minimum absolute atomic E-state index is 0.152. The van der Waals surface area contributed by atoms with Crippen LogP contribution in [0.1, 0.15) is 54.7 Å². The number of hydrogen-bond acceptors (Lipinski definition) is 9. The molecule has 2 aliphatic rings. The molecule has 1 fully saturated rings. The Morgan fingerprint density at radius 3 is 2.19 bits per heavy atom. The fourth-order valence-corrected chi connectivity index (χ4v) is 7.02. The molecule has 0 aliphatic carbocycles. The van der Waals surface area contributed by atoms with Gasteiger partial charge in [0.1, 0.15) is 6.04 Å². The standard InChI is InChI=1S/C41H51N5O5S/c1-41(2,3)15-22-49-24-26-51-27-25-50-23-21-44-17-19-45(20-18-44)35-13-11-31(12-14-35)33-9-10-34-30-46(39(48)36(34)29-33)37(32-7-5-4-6-8-32)38(47)43-40-42-16-28-52-40/h4-14,16,28-29,37H,15,17-27,30H2,1-3H3,(H,42,43,47). The first kappa shape index (κ1) is 37.6. The van der Waals surface area contributed by atoms with Gasteiger partial charge in [0, 0.05) is 68.7 Å². The number of thiazole rings is 1. The van der Waals surface area contributed by atoms with Crippen LogP contribution in [0.15, 0.2) is 84.4 Å². The molecule has 0 saturated carbocycles. The van der Waals surface area contributed by atoms with Gasteiger partial charge in [0.15, 0.2) is 5.13 Å². The first-order valence-corrected chi connectivity index (χ1v) is 19.1. The second kappa shape index (κ2) is 18.1. The number of carbonyl (C=O) groups is 2. The monoisotopic (exact) mass is 725 g/mol. The van der Waals surface area contributed by atoms with Crippen molar-refractivity contribution in [3.05, 3.63) is 101 Å². The number of ether oxygens (including phenoxy) is 3. The minimum Gasteiger partial charge on any atom is -0.379 e. The van der Waals surface area contributed by atoms with Gasteiger partial charge in [-0.3, -0.25) is 19.8 Å². The fraction of sp³-hybridized carbons (Fsp3) is 0.439. The Morgan fingerprint density at radius 2 is 1.52 bits per heavy atom. The van der Waals surface area contributed by atoms with Crippen LogP contribution in [0.5, 0.6) is 0 Å². The predicted octanol–water partition coefficient (Wildman–Crippen LogP) is 6.75. The molecule has 0 bridgehead atoms. The summed E-state index contributed by atoms with van der Waals surface area (Å²) in [6, 6.07) is 23.3. The predicted molar refractivity (Wildman–Crippen MR) is 207 cm³/mol. The molecule has 3 heterocycles. The lowest BCUT2D eigenvalue weighted by atomic mass is 9.93. The van der Waals surface area contributed by atoms with Crippen LogP contribution < -0.4 is 10.2 Å². The number of benzene rings is 3. The van der Waals surface area contributed by atoms with Gasteiger partial charge in [-0.2, -0.15) is 0 Å². The molecule has 1 atom stereocenters. The van der Waals surface area contributed by atoms with Crippen molar-refractivity contribution < 1.29 is 23.8 Å². The molecule has 1 unspecified atom stereocenters. The third-order valence-electron chi connectivity index (χ3n) is 9.51. The van der Waals surface area contributed by atoms with Crippen LogP contribution in [-0.4, -0.2) is 99.0 Å². The van der Waals surface area contributed by atoms with E-state index in [0.717, 1.165) is 68.0 Å². The van der Waals surface area contributed by atoms with E-state index in [1.165, 1.54) is 17.0 Å². The lowest BCUT2D eigenvalue weighted by Crippen LogP contribution is -2.47. The minimum atomic E-state index is -0.778. The van der Waals surface area contributed by atoms with Crippen molar-refractivity contribution in [2.45, 2.75) is 39.8 Å². The maximum Gasteiger partial charge on any atom is 0.255 e. The van der Waals surface area contributed by atoms with E-state index >= 15 is 0 Å². The topological polar surface area (TPSA) is 96.5 Å². The van der Waals surface area contributed by atoms with E-state index in [9.17, 15) is 9.59 Å². The number of fused-ring (bicyclic) bond motifs is 1. The molecule has 11 heteroatoms. The van der Waals surface area contributed by atoms with E-state index < -0.39 is 6.04 Å². The lowest BCUT2D eigenvalue weighted by molar-refractivity contribution is -0.120. The number of aromatic nitrogens is 1. The molecule has 10 nitrogen and oxygen atoms in total. The summed E-state index contributed by atoms with van der Waals surface area (Å²) in [5, 5.41) is 5.21. The highest BCUT2D eigenvalue weighted by Crippen LogP contribution is 2.35. The maximum absolute atomic E-state index is 13.9. The van der Waals surface area contributed by atoms with Crippen molar-refractivity contribution in [1.82, 2.24) is 14.8 Å². The number of carbonyl (C=O) groups excluding carboxylic acids is 2. The molecule has 1 saturated heterocycles. The number of rotatable bonds is 17. The van der Waals surface area contributed by atoms with Crippen molar-refractivity contribution in [3.63, 3.8) is 0 Å². The lowest BCUT2D eigenvalue weighted by Gasteiger charge is -2.36. The Balaban J connectivity index is 0.953. The number of amides is 2. The van der Waals surface area contributed by atoms with Crippen molar-refractivity contribution in [2.24, 2.45) is 5.41 Å². The maximum atomic E-state index is 13.9. The molecule has 1 N–H and O–H groups in total. The van der Waals surface area contributed by atoms with Gasteiger partial charge in [0.25, 0.3) is 11.8 Å². The Labute approximate surface area is 311 Å². The highest BCUT2D eigenvalue weighted by molar-refractivity contribution is 7.13. The molecular weight excluding hydrogens is 675 g/mol.